The van der Waals surface area contributed by atoms with Crippen molar-refractivity contribution in [3.05, 3.63) is 97.4 Å². The predicted octanol–water partition coefficient (Wildman–Crippen LogP) is 8.31. The molecule has 0 N–H and O–H groups in total. The van der Waals surface area contributed by atoms with Crippen LogP contribution in [0.1, 0.15) is 46.0 Å². The van der Waals surface area contributed by atoms with Crippen LogP contribution in [0.4, 0.5) is 0 Å². The highest BCUT2D eigenvalue weighted by Crippen LogP contribution is 2.55. The normalized spacial score (nSPS) is 11.4. The fourth-order valence-electron chi connectivity index (χ4n) is 3.43. The molecule has 0 heterocycles. The van der Waals surface area contributed by atoms with Gasteiger partial charge in [-0.2, -0.15) is 0 Å². The van der Waals surface area contributed by atoms with Crippen molar-refractivity contribution in [2.24, 2.45) is 0 Å². The van der Waals surface area contributed by atoms with Crippen LogP contribution in [0, 0.1) is 0 Å². The highest BCUT2D eigenvalue weighted by Gasteiger charge is 2.46. The smallest absolute Gasteiger partial charge is 0.249 e. The molecule has 0 unspecified atom stereocenters. The number of aryl methyl sites for hydroxylation is 1. The summed E-state index contributed by atoms with van der Waals surface area (Å²) in [6.07, 6.45) is 2.22. The summed E-state index contributed by atoms with van der Waals surface area (Å²) in [5.41, 5.74) is -1.58. The van der Waals surface area contributed by atoms with Gasteiger partial charge in [-0.3, -0.25) is 9.59 Å². The summed E-state index contributed by atoms with van der Waals surface area (Å²) in [5, 5.41) is 0.174. The molecule has 3 aromatic rings. The number of rotatable bonds is 8. The Hall–Kier alpha value is -1.61. The summed E-state index contributed by atoms with van der Waals surface area (Å²) in [5.74, 6) is 0. The van der Waals surface area contributed by atoms with Crippen molar-refractivity contribution in [3.8, 4) is 0 Å². The number of benzene rings is 3. The van der Waals surface area contributed by atoms with Gasteiger partial charge < -0.3 is 4.57 Å². The Morgan fingerprint density at radius 3 is 1.59 bits per heavy atom. The molecule has 3 rings (SSSR count). The van der Waals surface area contributed by atoms with Crippen molar-refractivity contribution in [3.63, 3.8) is 0 Å². The first kappa shape index (κ1) is 25.0. The maximum absolute atomic E-state index is 14.7. The van der Waals surface area contributed by atoms with Crippen LogP contribution in [0.5, 0.6) is 0 Å². The van der Waals surface area contributed by atoms with E-state index in [1.54, 1.807) is 30.3 Å². The van der Waals surface area contributed by atoms with Gasteiger partial charge in [0.15, 0.2) is 0 Å². The molecule has 8 heteroatoms. The average molecular weight is 528 g/mol. The van der Waals surface area contributed by atoms with E-state index in [4.69, 9.17) is 46.4 Å². The van der Waals surface area contributed by atoms with Crippen LogP contribution >= 0.6 is 53.5 Å². The lowest BCUT2D eigenvalue weighted by Crippen LogP contribution is -2.24. The van der Waals surface area contributed by atoms with E-state index in [-0.39, 0.29) is 36.5 Å². The maximum Gasteiger partial charge on any atom is 0.249 e. The van der Waals surface area contributed by atoms with Gasteiger partial charge in [-0.05, 0) is 42.7 Å². The molecule has 0 radical (unpaired) electrons. The Labute approximate surface area is 207 Å². The zero-order chi connectivity index (χ0) is 23.5. The van der Waals surface area contributed by atoms with E-state index in [1.165, 1.54) is 30.3 Å². The van der Waals surface area contributed by atoms with Crippen LogP contribution in [0.25, 0.3) is 0 Å². The fraction of sp³-hybridized carbons (Fsp3) is 0.167. The largest absolute Gasteiger partial charge is 0.302 e. The van der Waals surface area contributed by atoms with Gasteiger partial charge >= 0.3 is 0 Å². The van der Waals surface area contributed by atoms with E-state index in [0.717, 1.165) is 12.8 Å². The molecule has 166 valence electrons. The van der Waals surface area contributed by atoms with Crippen molar-refractivity contribution >= 4 is 69.9 Å². The standard InChI is InChI=1S/C24H19Cl4O3P/c1-2-3-8-15-9-4-5-14-20(15)32(31,23(29)21-16(25)10-6-11-17(21)26)24(30)22-18(27)12-7-13-19(22)28/h4-7,9-14H,2-3,8H2,1H3. The van der Waals surface area contributed by atoms with Crippen LogP contribution in [-0.4, -0.2) is 11.0 Å². The quantitative estimate of drug-likeness (QED) is 0.277. The second-order valence-electron chi connectivity index (χ2n) is 7.15. The summed E-state index contributed by atoms with van der Waals surface area (Å²) >= 11 is 25.1. The van der Waals surface area contributed by atoms with E-state index in [9.17, 15) is 14.2 Å². The molecule has 32 heavy (non-hydrogen) atoms. The monoisotopic (exact) mass is 526 g/mol. The first-order valence-corrected chi connectivity index (χ1v) is 13.1. The minimum atomic E-state index is -4.50. The van der Waals surface area contributed by atoms with Crippen LogP contribution in [0.2, 0.25) is 20.1 Å². The molecule has 0 saturated carbocycles. The van der Waals surface area contributed by atoms with Crippen LogP contribution in [0.3, 0.4) is 0 Å². The van der Waals surface area contributed by atoms with Gasteiger partial charge in [0.1, 0.15) is 0 Å². The lowest BCUT2D eigenvalue weighted by Gasteiger charge is -2.21. The third-order valence-electron chi connectivity index (χ3n) is 5.06. The molecule has 3 aromatic carbocycles. The van der Waals surface area contributed by atoms with Crippen molar-refractivity contribution in [2.45, 2.75) is 26.2 Å². The Bertz CT molecular complexity index is 1130. The van der Waals surface area contributed by atoms with Crippen molar-refractivity contribution < 1.29 is 14.2 Å². The minimum absolute atomic E-state index is 0.00631. The number of halogens is 4. The van der Waals surface area contributed by atoms with E-state index >= 15 is 0 Å². The summed E-state index contributed by atoms with van der Waals surface area (Å²) < 4.78 is 14.7. The second kappa shape index (κ2) is 10.5. The van der Waals surface area contributed by atoms with Gasteiger partial charge in [0, 0.05) is 5.30 Å². The summed E-state index contributed by atoms with van der Waals surface area (Å²) in [7, 11) is -4.50. The molecule has 0 amide bonds. The van der Waals surface area contributed by atoms with E-state index in [2.05, 4.69) is 0 Å². The van der Waals surface area contributed by atoms with Gasteiger partial charge in [0.05, 0.1) is 31.2 Å². The lowest BCUT2D eigenvalue weighted by atomic mass is 10.1. The Morgan fingerprint density at radius 2 is 1.16 bits per heavy atom. The van der Waals surface area contributed by atoms with Gasteiger partial charge in [0.25, 0.3) is 0 Å². The molecule has 0 saturated heterocycles. The minimum Gasteiger partial charge on any atom is -0.302 e. The molecule has 0 aliphatic rings. The topological polar surface area (TPSA) is 51.2 Å². The lowest BCUT2D eigenvalue weighted by molar-refractivity contribution is 0.104. The molecule has 0 aliphatic carbocycles. The summed E-state index contributed by atoms with van der Waals surface area (Å²) in [4.78, 5) is 27.7. The third kappa shape index (κ3) is 4.69. The fourth-order valence-corrected chi connectivity index (χ4v) is 7.45. The number of hydrogen-bond acceptors (Lipinski definition) is 3. The SMILES string of the molecule is CCCCc1ccccc1P(=O)(C(=O)c1c(Cl)cccc1Cl)C(=O)c1c(Cl)cccc1Cl. The predicted molar refractivity (Wildman–Crippen MR) is 134 cm³/mol. The van der Waals surface area contributed by atoms with Gasteiger partial charge in [-0.25, -0.2) is 0 Å². The molecular weight excluding hydrogens is 509 g/mol. The molecule has 0 bridgehead atoms. The van der Waals surface area contributed by atoms with Crippen LogP contribution in [0.15, 0.2) is 60.7 Å². The molecule has 0 aromatic heterocycles. The highest BCUT2D eigenvalue weighted by atomic mass is 35.5. The third-order valence-corrected chi connectivity index (χ3v) is 9.02. The number of hydrogen-bond donors (Lipinski definition) is 0. The molecule has 0 aliphatic heterocycles. The zero-order valence-electron chi connectivity index (χ0n) is 17.1. The molecule has 0 spiro atoms. The molecular formula is C24H19Cl4O3P. The number of unbranched alkanes of at least 4 members (excludes halogenated alkanes) is 1. The van der Waals surface area contributed by atoms with Gasteiger partial charge in [0.2, 0.25) is 18.2 Å². The Kier molecular flexibility index (Phi) is 8.25. The molecule has 3 nitrogen and oxygen atoms in total. The molecule has 0 atom stereocenters. The Balaban J connectivity index is 2.34. The molecule has 0 fully saturated rings. The van der Waals surface area contributed by atoms with Gasteiger partial charge in [-0.1, -0.05) is 96.1 Å². The number of carbonyl (C=O) groups excluding carboxylic acids is 2. The van der Waals surface area contributed by atoms with Crippen LogP contribution in [-0.2, 0) is 11.0 Å². The van der Waals surface area contributed by atoms with E-state index in [1.807, 2.05) is 6.92 Å². The van der Waals surface area contributed by atoms with Crippen molar-refractivity contribution in [1.82, 2.24) is 0 Å². The highest BCUT2D eigenvalue weighted by molar-refractivity contribution is 8.01. The second-order valence-corrected chi connectivity index (χ2v) is 11.3. The maximum atomic E-state index is 14.7. The first-order chi connectivity index (χ1) is 15.2. The Morgan fingerprint density at radius 1 is 0.719 bits per heavy atom. The van der Waals surface area contributed by atoms with Crippen LogP contribution < -0.4 is 5.30 Å². The zero-order valence-corrected chi connectivity index (χ0v) is 21.0. The average Bonchev–Trinajstić information content (AvgIpc) is 2.77. The van der Waals surface area contributed by atoms with E-state index in [0.29, 0.717) is 12.0 Å². The van der Waals surface area contributed by atoms with Crippen molar-refractivity contribution in [2.75, 3.05) is 0 Å². The first-order valence-electron chi connectivity index (χ1n) is 9.89. The van der Waals surface area contributed by atoms with E-state index < -0.39 is 18.2 Å². The summed E-state index contributed by atoms with van der Waals surface area (Å²) in [6.45, 7) is 2.02. The van der Waals surface area contributed by atoms with Gasteiger partial charge in [-0.15, -0.1) is 0 Å². The number of carbonyl (C=O) groups is 2. The summed E-state index contributed by atoms with van der Waals surface area (Å²) in [6, 6.07) is 15.7. The van der Waals surface area contributed by atoms with Crippen molar-refractivity contribution in [1.29, 1.82) is 0 Å².